The van der Waals surface area contributed by atoms with E-state index in [1.54, 1.807) is 40.9 Å². The fraction of sp³-hybridized carbons (Fsp3) is 0.286. The van der Waals surface area contributed by atoms with Gasteiger partial charge in [-0.25, -0.2) is 9.50 Å². The van der Waals surface area contributed by atoms with Crippen LogP contribution in [-0.4, -0.2) is 56.4 Å². The lowest BCUT2D eigenvalue weighted by Crippen LogP contribution is -2.43. The number of carbonyl (C=O) groups excluding carboxylic acids is 2. The zero-order valence-corrected chi connectivity index (χ0v) is 21.0. The molecule has 0 spiro atoms. The first kappa shape index (κ1) is 24.1. The van der Waals surface area contributed by atoms with Gasteiger partial charge in [-0.15, -0.1) is 0 Å². The number of pyridine rings is 1. The van der Waals surface area contributed by atoms with E-state index in [0.29, 0.717) is 16.9 Å². The van der Waals surface area contributed by atoms with Crippen LogP contribution in [-0.2, 0) is 4.79 Å². The summed E-state index contributed by atoms with van der Waals surface area (Å²) in [4.78, 5) is 36.4. The lowest BCUT2D eigenvalue weighted by Gasteiger charge is -2.29. The van der Waals surface area contributed by atoms with Crippen molar-refractivity contribution in [3.8, 4) is 28.5 Å². The van der Waals surface area contributed by atoms with Gasteiger partial charge in [0.05, 0.1) is 23.1 Å². The first-order chi connectivity index (χ1) is 17.8. The highest BCUT2D eigenvalue weighted by Gasteiger charge is 2.27. The summed E-state index contributed by atoms with van der Waals surface area (Å²) in [5.74, 6) is -0.509. The van der Waals surface area contributed by atoms with Gasteiger partial charge in [0.15, 0.2) is 5.65 Å². The number of hydrogen-bond acceptors (Lipinski definition) is 6. The summed E-state index contributed by atoms with van der Waals surface area (Å²) in [5.41, 5.74) is 6.04. The minimum atomic E-state index is -0.342. The second-order valence-electron chi connectivity index (χ2n) is 9.44. The van der Waals surface area contributed by atoms with Crippen LogP contribution in [0.3, 0.4) is 0 Å². The van der Waals surface area contributed by atoms with Crippen molar-refractivity contribution >= 4 is 17.5 Å². The first-order valence-electron chi connectivity index (χ1n) is 12.2. The van der Waals surface area contributed by atoms with Gasteiger partial charge in [0.25, 0.3) is 5.91 Å². The molecule has 1 aliphatic heterocycles. The summed E-state index contributed by atoms with van der Waals surface area (Å²) < 4.78 is 1.64. The van der Waals surface area contributed by atoms with Crippen molar-refractivity contribution in [2.75, 3.05) is 20.1 Å². The van der Waals surface area contributed by atoms with Crippen LogP contribution in [0.1, 0.15) is 40.3 Å². The summed E-state index contributed by atoms with van der Waals surface area (Å²) in [6, 6.07) is 15.0. The number of aromatic nitrogens is 4. The van der Waals surface area contributed by atoms with Gasteiger partial charge in [-0.2, -0.15) is 10.4 Å². The number of benzene rings is 1. The van der Waals surface area contributed by atoms with Gasteiger partial charge in [0.2, 0.25) is 5.91 Å². The lowest BCUT2D eigenvalue weighted by atomic mass is 9.97. The van der Waals surface area contributed by atoms with Crippen molar-refractivity contribution in [3.05, 3.63) is 71.3 Å². The van der Waals surface area contributed by atoms with Gasteiger partial charge in [-0.3, -0.25) is 14.6 Å². The number of nitriles is 1. The maximum Gasteiger partial charge on any atom is 0.270 e. The van der Waals surface area contributed by atoms with Crippen molar-refractivity contribution in [1.29, 1.82) is 5.26 Å². The summed E-state index contributed by atoms with van der Waals surface area (Å²) in [7, 11) is 1.79. The van der Waals surface area contributed by atoms with Crippen molar-refractivity contribution in [2.24, 2.45) is 5.92 Å². The number of rotatable bonds is 5. The number of amides is 2. The molecular formula is C28H27N7O2. The van der Waals surface area contributed by atoms with E-state index in [4.69, 9.17) is 10.1 Å². The summed E-state index contributed by atoms with van der Waals surface area (Å²) >= 11 is 0. The molecule has 2 amide bonds. The number of fused-ring (bicyclic) bond motifs is 1. The van der Waals surface area contributed by atoms with Crippen molar-refractivity contribution in [1.82, 2.24) is 29.8 Å². The molecule has 0 bridgehead atoms. The number of hydrogen-bond donors (Lipinski definition) is 1. The van der Waals surface area contributed by atoms with Crippen LogP contribution >= 0.6 is 0 Å². The minimum Gasteiger partial charge on any atom is -0.350 e. The minimum absolute atomic E-state index is 0.0562. The van der Waals surface area contributed by atoms with E-state index in [2.05, 4.69) is 16.4 Å². The first-order valence-corrected chi connectivity index (χ1v) is 12.2. The second kappa shape index (κ2) is 9.82. The standard InChI is InChI=1S/C28H27N7O2/c1-17-12-22(13-18(2)31-17)24-25(20-7-4-6-19(14-20)15-29)33-35-11-9-23(32-26(24)35)27(36)30-16-21-8-5-10-34(3)28(21)37/h4,6-7,9,11-14,21H,5,8,10,16H2,1-3H3,(H,30,36). The quantitative estimate of drug-likeness (QED) is 0.455. The Bertz CT molecular complexity index is 1550. The molecule has 3 aromatic heterocycles. The normalized spacial score (nSPS) is 15.6. The molecule has 1 aliphatic rings. The van der Waals surface area contributed by atoms with E-state index in [1.807, 2.05) is 38.1 Å². The molecule has 1 aromatic carbocycles. The van der Waals surface area contributed by atoms with Crippen LogP contribution in [0.2, 0.25) is 0 Å². The van der Waals surface area contributed by atoms with E-state index >= 15 is 0 Å². The average molecular weight is 494 g/mol. The van der Waals surface area contributed by atoms with E-state index in [1.165, 1.54) is 0 Å². The van der Waals surface area contributed by atoms with Gasteiger partial charge in [-0.05, 0) is 62.6 Å². The number of carbonyl (C=O) groups is 2. The zero-order valence-electron chi connectivity index (χ0n) is 21.0. The monoisotopic (exact) mass is 493 g/mol. The summed E-state index contributed by atoms with van der Waals surface area (Å²) in [6.07, 6.45) is 3.39. The molecule has 1 saturated heterocycles. The maximum atomic E-state index is 13.1. The Labute approximate surface area is 214 Å². The molecule has 186 valence electrons. The van der Waals surface area contributed by atoms with Crippen LogP contribution in [0, 0.1) is 31.1 Å². The number of nitrogens with zero attached hydrogens (tertiary/aromatic N) is 6. The molecule has 9 heteroatoms. The highest BCUT2D eigenvalue weighted by molar-refractivity contribution is 5.95. The highest BCUT2D eigenvalue weighted by Crippen LogP contribution is 2.35. The van der Waals surface area contributed by atoms with Crippen molar-refractivity contribution < 1.29 is 9.59 Å². The van der Waals surface area contributed by atoms with E-state index in [9.17, 15) is 14.9 Å². The average Bonchev–Trinajstić information content (AvgIpc) is 3.28. The molecule has 0 radical (unpaired) electrons. The Morgan fingerprint density at radius 1 is 1.14 bits per heavy atom. The SMILES string of the molecule is Cc1cc(-c2c(-c3cccc(C#N)c3)nn3ccc(C(=O)NCC4CCCN(C)C4=O)nc23)cc(C)n1. The Morgan fingerprint density at radius 3 is 2.68 bits per heavy atom. The third-order valence-corrected chi connectivity index (χ3v) is 6.63. The van der Waals surface area contributed by atoms with E-state index < -0.39 is 0 Å². The summed E-state index contributed by atoms with van der Waals surface area (Å²) in [5, 5.41) is 17.1. The second-order valence-corrected chi connectivity index (χ2v) is 9.44. The predicted octanol–water partition coefficient (Wildman–Crippen LogP) is 3.55. The molecule has 1 fully saturated rings. The third kappa shape index (κ3) is 4.78. The van der Waals surface area contributed by atoms with Crippen molar-refractivity contribution in [3.63, 3.8) is 0 Å². The van der Waals surface area contributed by atoms with Gasteiger partial charge in [-0.1, -0.05) is 12.1 Å². The van der Waals surface area contributed by atoms with Crippen LogP contribution in [0.25, 0.3) is 28.0 Å². The van der Waals surface area contributed by atoms with Crippen LogP contribution in [0.5, 0.6) is 0 Å². The highest BCUT2D eigenvalue weighted by atomic mass is 16.2. The molecule has 1 unspecified atom stereocenters. The Kier molecular flexibility index (Phi) is 6.40. The van der Waals surface area contributed by atoms with Crippen LogP contribution < -0.4 is 5.32 Å². The summed E-state index contributed by atoms with van der Waals surface area (Å²) in [6.45, 7) is 4.87. The van der Waals surface area contributed by atoms with E-state index in [-0.39, 0.29) is 30.0 Å². The predicted molar refractivity (Wildman–Crippen MR) is 139 cm³/mol. The smallest absolute Gasteiger partial charge is 0.270 e. The molecule has 4 aromatic rings. The lowest BCUT2D eigenvalue weighted by molar-refractivity contribution is -0.136. The molecule has 1 atom stereocenters. The zero-order chi connectivity index (χ0) is 26.1. The molecule has 0 saturated carbocycles. The number of nitrogens with one attached hydrogen (secondary N) is 1. The van der Waals surface area contributed by atoms with Gasteiger partial charge >= 0.3 is 0 Å². The van der Waals surface area contributed by atoms with Gasteiger partial charge in [0, 0.05) is 43.3 Å². The molecule has 0 aliphatic carbocycles. The molecule has 1 N–H and O–H groups in total. The molecule has 37 heavy (non-hydrogen) atoms. The Morgan fingerprint density at radius 2 is 1.92 bits per heavy atom. The van der Waals surface area contributed by atoms with Gasteiger partial charge < -0.3 is 10.2 Å². The fourth-order valence-electron chi connectivity index (χ4n) is 4.85. The number of piperidine rings is 1. The largest absolute Gasteiger partial charge is 0.350 e. The number of aryl methyl sites for hydroxylation is 2. The Hall–Kier alpha value is -4.58. The van der Waals surface area contributed by atoms with Crippen LogP contribution in [0.15, 0.2) is 48.7 Å². The topological polar surface area (TPSA) is 116 Å². The Balaban J connectivity index is 1.56. The van der Waals surface area contributed by atoms with E-state index in [0.717, 1.165) is 47.5 Å². The molecule has 9 nitrogen and oxygen atoms in total. The maximum absolute atomic E-state index is 13.1. The molecular weight excluding hydrogens is 466 g/mol. The molecule has 4 heterocycles. The van der Waals surface area contributed by atoms with Crippen molar-refractivity contribution in [2.45, 2.75) is 26.7 Å². The molecule has 5 rings (SSSR count). The fourth-order valence-corrected chi connectivity index (χ4v) is 4.85. The third-order valence-electron chi connectivity index (χ3n) is 6.63. The van der Waals surface area contributed by atoms with Gasteiger partial charge in [0.1, 0.15) is 11.4 Å². The van der Waals surface area contributed by atoms with Crippen LogP contribution in [0.4, 0.5) is 0 Å². The number of likely N-dealkylation sites (tertiary alicyclic amines) is 1.